The molecule has 1 aliphatic rings. The van der Waals surface area contributed by atoms with E-state index in [2.05, 4.69) is 41.2 Å². The summed E-state index contributed by atoms with van der Waals surface area (Å²) in [5.41, 5.74) is 1.31. The van der Waals surface area contributed by atoms with Crippen LogP contribution in [0, 0.1) is 0 Å². The highest BCUT2D eigenvalue weighted by molar-refractivity contribution is 5.44. The maximum absolute atomic E-state index is 4.08. The highest BCUT2D eigenvalue weighted by Gasteiger charge is 2.20. The molecule has 0 amide bonds. The Balaban J connectivity index is 1.73. The summed E-state index contributed by atoms with van der Waals surface area (Å²) in [6.45, 7) is 6.90. The number of pyridine rings is 1. The van der Waals surface area contributed by atoms with E-state index >= 15 is 0 Å². The van der Waals surface area contributed by atoms with Gasteiger partial charge in [0.15, 0.2) is 0 Å². The summed E-state index contributed by atoms with van der Waals surface area (Å²) in [6, 6.07) is 5.58. The van der Waals surface area contributed by atoms with Crippen molar-refractivity contribution in [2.75, 3.05) is 18.0 Å². The van der Waals surface area contributed by atoms with Gasteiger partial charge in [-0.2, -0.15) is 0 Å². The first-order chi connectivity index (χ1) is 9.29. The molecule has 3 heteroatoms. The van der Waals surface area contributed by atoms with Gasteiger partial charge in [0.2, 0.25) is 0 Å². The molecule has 1 aliphatic heterocycles. The van der Waals surface area contributed by atoms with E-state index in [0.717, 1.165) is 13.1 Å². The number of aromatic nitrogens is 1. The fourth-order valence-corrected chi connectivity index (χ4v) is 2.86. The summed E-state index contributed by atoms with van der Waals surface area (Å²) in [4.78, 5) is 6.55. The Morgan fingerprint density at radius 2 is 2.00 bits per heavy atom. The van der Waals surface area contributed by atoms with Crippen LogP contribution >= 0.6 is 0 Å². The van der Waals surface area contributed by atoms with Gasteiger partial charge in [0.1, 0.15) is 0 Å². The molecule has 2 rings (SSSR count). The zero-order valence-electron chi connectivity index (χ0n) is 12.3. The largest absolute Gasteiger partial charge is 0.371 e. The molecule has 0 aromatic carbocycles. The molecule has 1 N–H and O–H groups in total. The van der Waals surface area contributed by atoms with Gasteiger partial charge >= 0.3 is 0 Å². The summed E-state index contributed by atoms with van der Waals surface area (Å²) >= 11 is 0. The van der Waals surface area contributed by atoms with Crippen molar-refractivity contribution in [2.24, 2.45) is 0 Å². The number of unbranched alkanes of at least 4 members (excludes halogenated alkanes) is 1. The first-order valence-electron chi connectivity index (χ1n) is 7.70. The molecule has 3 nitrogen and oxygen atoms in total. The smallest absolute Gasteiger partial charge is 0.0397 e. The van der Waals surface area contributed by atoms with Gasteiger partial charge in [-0.1, -0.05) is 19.8 Å². The Hall–Kier alpha value is -1.09. The molecule has 1 atom stereocenters. The normalized spacial score (nSPS) is 18.5. The topological polar surface area (TPSA) is 28.2 Å². The van der Waals surface area contributed by atoms with Gasteiger partial charge in [-0.25, -0.2) is 0 Å². The van der Waals surface area contributed by atoms with Crippen LogP contribution in [0.5, 0.6) is 0 Å². The summed E-state index contributed by atoms with van der Waals surface area (Å²) in [5, 5.41) is 3.79. The number of nitrogens with zero attached hydrogens (tertiary/aromatic N) is 2. The van der Waals surface area contributed by atoms with E-state index in [9.17, 15) is 0 Å². The minimum absolute atomic E-state index is 0.664. The van der Waals surface area contributed by atoms with Crippen LogP contribution in [0.3, 0.4) is 0 Å². The lowest BCUT2D eigenvalue weighted by molar-refractivity contribution is 0.362. The predicted molar refractivity (Wildman–Crippen MR) is 81.6 cm³/mol. The van der Waals surface area contributed by atoms with E-state index in [0.29, 0.717) is 12.1 Å². The number of nitrogens with one attached hydrogen (secondary N) is 1. The van der Waals surface area contributed by atoms with Gasteiger partial charge in [0.05, 0.1) is 0 Å². The quantitative estimate of drug-likeness (QED) is 0.852. The van der Waals surface area contributed by atoms with Crippen LogP contribution in [-0.2, 0) is 0 Å². The second-order valence-corrected chi connectivity index (χ2v) is 5.68. The highest BCUT2D eigenvalue weighted by atomic mass is 15.1. The third-order valence-corrected chi connectivity index (χ3v) is 4.03. The Morgan fingerprint density at radius 3 is 2.63 bits per heavy atom. The molecular weight excluding hydrogens is 234 g/mol. The van der Waals surface area contributed by atoms with E-state index in [1.807, 2.05) is 12.4 Å². The summed E-state index contributed by atoms with van der Waals surface area (Å²) in [5.74, 6) is 0. The van der Waals surface area contributed by atoms with Crippen molar-refractivity contribution in [1.29, 1.82) is 0 Å². The van der Waals surface area contributed by atoms with Crippen molar-refractivity contribution in [3.63, 3.8) is 0 Å². The SMILES string of the molecule is CCCCC(C)NC1CCN(c2ccncc2)CC1. The molecule has 0 aliphatic carbocycles. The van der Waals surface area contributed by atoms with E-state index in [1.165, 1.54) is 37.8 Å². The molecule has 0 spiro atoms. The van der Waals surface area contributed by atoms with Crippen molar-refractivity contribution in [3.05, 3.63) is 24.5 Å². The molecule has 2 heterocycles. The van der Waals surface area contributed by atoms with E-state index in [-0.39, 0.29) is 0 Å². The molecule has 0 saturated carbocycles. The van der Waals surface area contributed by atoms with Crippen LogP contribution in [0.4, 0.5) is 5.69 Å². The van der Waals surface area contributed by atoms with Gasteiger partial charge in [0, 0.05) is 43.3 Å². The van der Waals surface area contributed by atoms with Gasteiger partial charge in [0.25, 0.3) is 0 Å². The molecule has 1 aromatic rings. The van der Waals surface area contributed by atoms with Crippen LogP contribution in [-0.4, -0.2) is 30.2 Å². The fourth-order valence-electron chi connectivity index (χ4n) is 2.86. The second kappa shape index (κ2) is 7.49. The number of piperidine rings is 1. The van der Waals surface area contributed by atoms with Gasteiger partial charge in [-0.3, -0.25) is 4.98 Å². The maximum atomic E-state index is 4.08. The monoisotopic (exact) mass is 261 g/mol. The Labute approximate surface area is 117 Å². The lowest BCUT2D eigenvalue weighted by atomic mass is 10.0. The van der Waals surface area contributed by atoms with Gasteiger partial charge in [-0.15, -0.1) is 0 Å². The number of hydrogen-bond donors (Lipinski definition) is 1. The fraction of sp³-hybridized carbons (Fsp3) is 0.688. The van der Waals surface area contributed by atoms with Crippen LogP contribution in [0.1, 0.15) is 46.0 Å². The molecule has 1 aromatic heterocycles. The van der Waals surface area contributed by atoms with Crippen LogP contribution in [0.2, 0.25) is 0 Å². The van der Waals surface area contributed by atoms with Crippen molar-refractivity contribution >= 4 is 5.69 Å². The van der Waals surface area contributed by atoms with Crippen LogP contribution in [0.25, 0.3) is 0 Å². The van der Waals surface area contributed by atoms with E-state index < -0.39 is 0 Å². The molecule has 0 radical (unpaired) electrons. The van der Waals surface area contributed by atoms with Crippen molar-refractivity contribution < 1.29 is 0 Å². The first-order valence-corrected chi connectivity index (χ1v) is 7.70. The van der Waals surface area contributed by atoms with E-state index in [1.54, 1.807) is 0 Å². The molecule has 1 unspecified atom stereocenters. The average Bonchev–Trinajstić information content (AvgIpc) is 2.47. The summed E-state index contributed by atoms with van der Waals surface area (Å²) < 4.78 is 0. The molecule has 1 saturated heterocycles. The highest BCUT2D eigenvalue weighted by Crippen LogP contribution is 2.19. The number of anilines is 1. The Morgan fingerprint density at radius 1 is 1.32 bits per heavy atom. The summed E-state index contributed by atoms with van der Waals surface area (Å²) in [6.07, 6.45) is 10.2. The standard InChI is InChI=1S/C16H27N3/c1-3-4-5-14(2)18-15-8-12-19(13-9-15)16-6-10-17-11-7-16/h6-7,10-11,14-15,18H,3-5,8-9,12-13H2,1-2H3. The molecule has 106 valence electrons. The van der Waals surface area contributed by atoms with Crippen molar-refractivity contribution in [1.82, 2.24) is 10.3 Å². The maximum Gasteiger partial charge on any atom is 0.0397 e. The summed E-state index contributed by atoms with van der Waals surface area (Å²) in [7, 11) is 0. The molecule has 0 bridgehead atoms. The lowest BCUT2D eigenvalue weighted by Crippen LogP contribution is -2.45. The second-order valence-electron chi connectivity index (χ2n) is 5.68. The Kier molecular flexibility index (Phi) is 5.64. The minimum Gasteiger partial charge on any atom is -0.371 e. The van der Waals surface area contributed by atoms with Gasteiger partial charge < -0.3 is 10.2 Å². The zero-order valence-corrected chi connectivity index (χ0v) is 12.3. The first kappa shape index (κ1) is 14.3. The molecule has 1 fully saturated rings. The van der Waals surface area contributed by atoms with Gasteiger partial charge in [-0.05, 0) is 38.3 Å². The zero-order chi connectivity index (χ0) is 13.5. The molecular formula is C16H27N3. The lowest BCUT2D eigenvalue weighted by Gasteiger charge is -2.35. The number of hydrogen-bond acceptors (Lipinski definition) is 3. The Bertz CT molecular complexity index is 344. The predicted octanol–water partition coefficient (Wildman–Crippen LogP) is 3.22. The van der Waals surface area contributed by atoms with Crippen LogP contribution < -0.4 is 10.2 Å². The van der Waals surface area contributed by atoms with Crippen LogP contribution in [0.15, 0.2) is 24.5 Å². The van der Waals surface area contributed by atoms with Crippen molar-refractivity contribution in [2.45, 2.75) is 58.0 Å². The average molecular weight is 261 g/mol. The third-order valence-electron chi connectivity index (χ3n) is 4.03. The number of rotatable bonds is 6. The van der Waals surface area contributed by atoms with Crippen molar-refractivity contribution in [3.8, 4) is 0 Å². The van der Waals surface area contributed by atoms with E-state index in [4.69, 9.17) is 0 Å². The third kappa shape index (κ3) is 4.50. The molecule has 19 heavy (non-hydrogen) atoms. The minimum atomic E-state index is 0.664.